The lowest BCUT2D eigenvalue weighted by Gasteiger charge is -2.07. The highest BCUT2D eigenvalue weighted by atomic mass is 35.5. The molecule has 108 valence electrons. The van der Waals surface area contributed by atoms with E-state index in [0.717, 1.165) is 6.07 Å². The lowest BCUT2D eigenvalue weighted by atomic mass is 10.3. The molecular weight excluding hydrogens is 305 g/mol. The van der Waals surface area contributed by atoms with Gasteiger partial charge in [-0.25, -0.2) is 12.8 Å². The molecule has 0 aliphatic rings. The van der Waals surface area contributed by atoms with Gasteiger partial charge in [0.15, 0.2) is 0 Å². The number of nitrogens with two attached hydrogens (primary N) is 1. The Hall–Kier alpha value is -1.57. The molecular formula is C12H13ClFN3O2S. The third kappa shape index (κ3) is 2.95. The summed E-state index contributed by atoms with van der Waals surface area (Å²) in [5.41, 5.74) is 5.98. The molecule has 0 spiro atoms. The van der Waals surface area contributed by atoms with Gasteiger partial charge in [0.2, 0.25) is 0 Å². The molecule has 3 N–H and O–H groups in total. The Morgan fingerprint density at radius 2 is 2.10 bits per heavy atom. The van der Waals surface area contributed by atoms with Crippen LogP contribution in [0.25, 0.3) is 0 Å². The van der Waals surface area contributed by atoms with E-state index >= 15 is 0 Å². The first-order chi connectivity index (χ1) is 9.33. The predicted molar refractivity (Wildman–Crippen MR) is 75.5 cm³/mol. The Morgan fingerprint density at radius 3 is 2.65 bits per heavy atom. The van der Waals surface area contributed by atoms with Crippen LogP contribution in [-0.4, -0.2) is 13.0 Å². The normalized spacial score (nSPS) is 11.6. The van der Waals surface area contributed by atoms with Gasteiger partial charge >= 0.3 is 0 Å². The van der Waals surface area contributed by atoms with Crippen molar-refractivity contribution in [3.63, 3.8) is 0 Å². The minimum atomic E-state index is -3.87. The van der Waals surface area contributed by atoms with Crippen LogP contribution < -0.4 is 10.5 Å². The molecule has 20 heavy (non-hydrogen) atoms. The molecule has 0 bridgehead atoms. The first kappa shape index (κ1) is 14.8. The Morgan fingerprint density at radius 1 is 1.40 bits per heavy atom. The van der Waals surface area contributed by atoms with Crippen LogP contribution >= 0.6 is 11.6 Å². The minimum Gasteiger partial charge on any atom is -0.352 e. The standard InChI is InChI=1S/C12H13ClFN3O2S/c1-17-7-10(5-9(17)6-15)20(18,19)16-12-3-2-8(13)4-11(12)14/h2-5,7,16H,6,15H2,1H3. The van der Waals surface area contributed by atoms with Gasteiger partial charge in [0.05, 0.1) is 5.69 Å². The van der Waals surface area contributed by atoms with Crippen molar-refractivity contribution in [3.8, 4) is 0 Å². The van der Waals surface area contributed by atoms with Crippen LogP contribution in [0.2, 0.25) is 5.02 Å². The molecule has 0 unspecified atom stereocenters. The van der Waals surface area contributed by atoms with E-state index in [1.54, 1.807) is 11.6 Å². The minimum absolute atomic E-state index is 0.0230. The van der Waals surface area contributed by atoms with Gasteiger partial charge in [0.1, 0.15) is 10.7 Å². The molecule has 2 aromatic rings. The third-order valence-corrected chi connectivity index (χ3v) is 4.35. The van der Waals surface area contributed by atoms with Gasteiger partial charge in [0, 0.05) is 30.5 Å². The van der Waals surface area contributed by atoms with Gasteiger partial charge in [-0.05, 0) is 24.3 Å². The summed E-state index contributed by atoms with van der Waals surface area (Å²) in [5.74, 6) is -0.740. The topological polar surface area (TPSA) is 77.1 Å². The molecule has 0 aliphatic heterocycles. The molecule has 0 saturated heterocycles. The smallest absolute Gasteiger partial charge is 0.263 e. The average molecular weight is 318 g/mol. The summed E-state index contributed by atoms with van der Waals surface area (Å²) in [4.78, 5) is 0.0230. The third-order valence-electron chi connectivity index (χ3n) is 2.78. The summed E-state index contributed by atoms with van der Waals surface area (Å²) < 4.78 is 41.7. The fourth-order valence-electron chi connectivity index (χ4n) is 1.70. The average Bonchev–Trinajstić information content (AvgIpc) is 2.75. The zero-order valence-electron chi connectivity index (χ0n) is 10.6. The monoisotopic (exact) mass is 317 g/mol. The molecule has 0 amide bonds. The van der Waals surface area contributed by atoms with E-state index in [1.807, 2.05) is 0 Å². The van der Waals surface area contributed by atoms with Gasteiger partial charge in [-0.2, -0.15) is 0 Å². The summed E-state index contributed by atoms with van der Waals surface area (Å²) >= 11 is 5.61. The van der Waals surface area contributed by atoms with Crippen molar-refractivity contribution in [1.29, 1.82) is 0 Å². The molecule has 1 heterocycles. The molecule has 1 aromatic heterocycles. The van der Waals surface area contributed by atoms with E-state index in [1.165, 1.54) is 24.4 Å². The summed E-state index contributed by atoms with van der Waals surface area (Å²) in [5, 5.41) is 0.190. The number of sulfonamides is 1. The Labute approximate surface area is 121 Å². The molecule has 0 saturated carbocycles. The van der Waals surface area contributed by atoms with Gasteiger partial charge in [0.25, 0.3) is 10.0 Å². The van der Waals surface area contributed by atoms with E-state index in [9.17, 15) is 12.8 Å². The van der Waals surface area contributed by atoms with Crippen LogP contribution in [0.4, 0.5) is 10.1 Å². The van der Waals surface area contributed by atoms with Gasteiger partial charge < -0.3 is 10.3 Å². The van der Waals surface area contributed by atoms with Crippen molar-refractivity contribution in [2.24, 2.45) is 12.8 Å². The second kappa shape index (κ2) is 5.43. The highest BCUT2D eigenvalue weighted by Crippen LogP contribution is 2.23. The van der Waals surface area contributed by atoms with E-state index in [4.69, 9.17) is 17.3 Å². The highest BCUT2D eigenvalue weighted by Gasteiger charge is 2.19. The van der Waals surface area contributed by atoms with Crippen LogP contribution in [0, 0.1) is 5.82 Å². The maximum absolute atomic E-state index is 13.6. The summed E-state index contributed by atoms with van der Waals surface area (Å²) in [7, 11) is -2.19. The van der Waals surface area contributed by atoms with E-state index in [-0.39, 0.29) is 22.2 Å². The number of anilines is 1. The number of halogens is 2. The largest absolute Gasteiger partial charge is 0.352 e. The van der Waals surface area contributed by atoms with Crippen molar-refractivity contribution >= 4 is 27.3 Å². The number of nitrogens with zero attached hydrogens (tertiary/aromatic N) is 1. The van der Waals surface area contributed by atoms with Crippen molar-refractivity contribution in [2.75, 3.05) is 4.72 Å². The predicted octanol–water partition coefficient (Wildman–Crippen LogP) is 2.08. The summed E-state index contributed by atoms with van der Waals surface area (Å²) in [6, 6.07) is 5.15. The van der Waals surface area contributed by atoms with Crippen molar-refractivity contribution in [2.45, 2.75) is 11.4 Å². The van der Waals surface area contributed by atoms with Crippen LogP contribution in [0.3, 0.4) is 0 Å². The van der Waals surface area contributed by atoms with Crippen molar-refractivity contribution in [1.82, 2.24) is 4.57 Å². The second-order valence-corrected chi connectivity index (χ2v) is 6.33. The maximum Gasteiger partial charge on any atom is 0.263 e. The lowest BCUT2D eigenvalue weighted by Crippen LogP contribution is -2.13. The fourth-order valence-corrected chi connectivity index (χ4v) is 3.02. The number of benzene rings is 1. The molecule has 2 rings (SSSR count). The molecule has 0 radical (unpaired) electrons. The van der Waals surface area contributed by atoms with E-state index in [2.05, 4.69) is 4.72 Å². The van der Waals surface area contributed by atoms with E-state index in [0.29, 0.717) is 5.69 Å². The molecule has 0 fully saturated rings. The van der Waals surface area contributed by atoms with Crippen molar-refractivity contribution < 1.29 is 12.8 Å². The number of aryl methyl sites for hydroxylation is 1. The van der Waals surface area contributed by atoms with Gasteiger partial charge in [-0.3, -0.25) is 4.72 Å². The fraction of sp³-hybridized carbons (Fsp3) is 0.167. The number of hydrogen-bond donors (Lipinski definition) is 2. The summed E-state index contributed by atoms with van der Waals surface area (Å²) in [6.07, 6.45) is 1.42. The first-order valence-corrected chi connectivity index (χ1v) is 7.53. The van der Waals surface area contributed by atoms with Crippen molar-refractivity contribution in [3.05, 3.63) is 47.0 Å². The van der Waals surface area contributed by atoms with Crippen LogP contribution in [0.15, 0.2) is 35.4 Å². The quantitative estimate of drug-likeness (QED) is 0.906. The second-order valence-electron chi connectivity index (χ2n) is 4.21. The number of rotatable bonds is 4. The molecule has 8 heteroatoms. The van der Waals surface area contributed by atoms with Crippen LogP contribution in [0.5, 0.6) is 0 Å². The molecule has 0 atom stereocenters. The SMILES string of the molecule is Cn1cc(S(=O)(=O)Nc2ccc(Cl)cc2F)cc1CN. The zero-order valence-corrected chi connectivity index (χ0v) is 12.2. The number of nitrogens with one attached hydrogen (secondary N) is 1. The molecule has 1 aromatic carbocycles. The van der Waals surface area contributed by atoms with E-state index < -0.39 is 15.8 Å². The zero-order chi connectivity index (χ0) is 14.9. The summed E-state index contributed by atoms with van der Waals surface area (Å²) in [6.45, 7) is 0.210. The van der Waals surface area contributed by atoms with Gasteiger partial charge in [-0.15, -0.1) is 0 Å². The highest BCUT2D eigenvalue weighted by molar-refractivity contribution is 7.92. The molecule has 0 aliphatic carbocycles. The van der Waals surface area contributed by atoms with Crippen LogP contribution in [-0.2, 0) is 23.6 Å². The van der Waals surface area contributed by atoms with Crippen LogP contribution in [0.1, 0.15) is 5.69 Å². The Balaban J connectivity index is 2.35. The lowest BCUT2D eigenvalue weighted by molar-refractivity contribution is 0.598. The Bertz CT molecular complexity index is 743. The first-order valence-electron chi connectivity index (χ1n) is 5.66. The maximum atomic E-state index is 13.6. The molecule has 5 nitrogen and oxygen atoms in total. The number of aromatic nitrogens is 1. The van der Waals surface area contributed by atoms with Gasteiger partial charge in [-0.1, -0.05) is 11.6 Å². The number of hydrogen-bond acceptors (Lipinski definition) is 3. The Kier molecular flexibility index (Phi) is 4.03.